The van der Waals surface area contributed by atoms with E-state index in [9.17, 15) is 9.59 Å². The second-order valence-corrected chi connectivity index (χ2v) is 4.74. The predicted molar refractivity (Wildman–Crippen MR) is 72.0 cm³/mol. The van der Waals surface area contributed by atoms with Gasteiger partial charge in [0.1, 0.15) is 0 Å². The summed E-state index contributed by atoms with van der Waals surface area (Å²) in [5, 5.41) is 2.97. The van der Waals surface area contributed by atoms with E-state index >= 15 is 0 Å². The zero-order valence-corrected chi connectivity index (χ0v) is 11.4. The first kappa shape index (κ1) is 14.7. The standard InChI is InChI=1S/C14H24N2O2/c1-3-5-9-15-14(18)12-7-10-16(11-8-12)13(17)6-4-2/h4,6,12H,3,5,7-11H2,1-2H3,(H,15,18). The fourth-order valence-electron chi connectivity index (χ4n) is 2.14. The van der Waals surface area contributed by atoms with Crippen LogP contribution in [0, 0.1) is 5.92 Å². The van der Waals surface area contributed by atoms with Gasteiger partial charge in [0.25, 0.3) is 0 Å². The molecule has 0 unspecified atom stereocenters. The molecule has 1 saturated heterocycles. The van der Waals surface area contributed by atoms with E-state index in [1.54, 1.807) is 12.2 Å². The molecule has 0 radical (unpaired) electrons. The summed E-state index contributed by atoms with van der Waals surface area (Å²) in [5.41, 5.74) is 0. The molecular formula is C14H24N2O2. The summed E-state index contributed by atoms with van der Waals surface area (Å²) >= 11 is 0. The van der Waals surface area contributed by atoms with Crippen molar-refractivity contribution in [1.82, 2.24) is 10.2 Å². The lowest BCUT2D eigenvalue weighted by atomic mass is 9.96. The Kier molecular flexibility index (Phi) is 6.47. The number of rotatable bonds is 5. The maximum atomic E-state index is 11.8. The topological polar surface area (TPSA) is 49.4 Å². The van der Waals surface area contributed by atoms with Crippen molar-refractivity contribution >= 4 is 11.8 Å². The van der Waals surface area contributed by atoms with Gasteiger partial charge in [0.05, 0.1) is 0 Å². The van der Waals surface area contributed by atoms with Crippen molar-refractivity contribution in [2.45, 2.75) is 39.5 Å². The zero-order valence-electron chi connectivity index (χ0n) is 11.4. The third-order valence-electron chi connectivity index (χ3n) is 3.32. The minimum atomic E-state index is 0.0577. The quantitative estimate of drug-likeness (QED) is 0.598. The number of amides is 2. The molecule has 1 fully saturated rings. The number of carbonyl (C=O) groups is 2. The average Bonchev–Trinajstić information content (AvgIpc) is 2.39. The molecule has 1 rings (SSSR count). The fraction of sp³-hybridized carbons (Fsp3) is 0.714. The van der Waals surface area contributed by atoms with Gasteiger partial charge in [-0.3, -0.25) is 9.59 Å². The predicted octanol–water partition coefficient (Wildman–Crippen LogP) is 1.72. The molecule has 0 atom stereocenters. The summed E-state index contributed by atoms with van der Waals surface area (Å²) in [6.45, 7) is 6.10. The van der Waals surface area contributed by atoms with Crippen LogP contribution < -0.4 is 5.32 Å². The Morgan fingerprint density at radius 1 is 1.33 bits per heavy atom. The van der Waals surface area contributed by atoms with E-state index in [-0.39, 0.29) is 17.7 Å². The monoisotopic (exact) mass is 252 g/mol. The molecule has 2 amide bonds. The van der Waals surface area contributed by atoms with Crippen LogP contribution in [0.15, 0.2) is 12.2 Å². The van der Waals surface area contributed by atoms with Gasteiger partial charge in [-0.2, -0.15) is 0 Å². The first-order valence-electron chi connectivity index (χ1n) is 6.88. The average molecular weight is 252 g/mol. The van der Waals surface area contributed by atoms with Crippen molar-refractivity contribution in [2.24, 2.45) is 5.92 Å². The van der Waals surface area contributed by atoms with E-state index < -0.39 is 0 Å². The van der Waals surface area contributed by atoms with Gasteiger partial charge >= 0.3 is 0 Å². The van der Waals surface area contributed by atoms with Crippen LogP contribution in [0.5, 0.6) is 0 Å². The summed E-state index contributed by atoms with van der Waals surface area (Å²) < 4.78 is 0. The van der Waals surface area contributed by atoms with Crippen LogP contribution in [0.25, 0.3) is 0 Å². The number of nitrogens with zero attached hydrogens (tertiary/aromatic N) is 1. The Labute approximate surface area is 109 Å². The highest BCUT2D eigenvalue weighted by atomic mass is 16.2. The van der Waals surface area contributed by atoms with Gasteiger partial charge in [0, 0.05) is 25.6 Å². The first-order chi connectivity index (χ1) is 8.69. The van der Waals surface area contributed by atoms with Crippen LogP contribution in [0.3, 0.4) is 0 Å². The van der Waals surface area contributed by atoms with Crippen molar-refractivity contribution in [2.75, 3.05) is 19.6 Å². The Balaban J connectivity index is 2.30. The molecule has 18 heavy (non-hydrogen) atoms. The van der Waals surface area contributed by atoms with Gasteiger partial charge in [0.15, 0.2) is 0 Å². The second-order valence-electron chi connectivity index (χ2n) is 4.74. The van der Waals surface area contributed by atoms with Gasteiger partial charge in [-0.25, -0.2) is 0 Å². The van der Waals surface area contributed by atoms with Crippen LogP contribution in [0.2, 0.25) is 0 Å². The highest BCUT2D eigenvalue weighted by molar-refractivity contribution is 5.87. The lowest BCUT2D eigenvalue weighted by Crippen LogP contribution is -2.42. The lowest BCUT2D eigenvalue weighted by molar-refractivity contribution is -0.132. The summed E-state index contributed by atoms with van der Waals surface area (Å²) in [6.07, 6.45) is 7.02. The molecule has 0 aliphatic carbocycles. The highest BCUT2D eigenvalue weighted by Crippen LogP contribution is 2.17. The summed E-state index contributed by atoms with van der Waals surface area (Å²) in [4.78, 5) is 25.3. The van der Waals surface area contributed by atoms with Crippen LogP contribution in [0.1, 0.15) is 39.5 Å². The fourth-order valence-corrected chi connectivity index (χ4v) is 2.14. The Hall–Kier alpha value is -1.32. The lowest BCUT2D eigenvalue weighted by Gasteiger charge is -2.30. The van der Waals surface area contributed by atoms with E-state index in [1.165, 1.54) is 0 Å². The van der Waals surface area contributed by atoms with Crippen molar-refractivity contribution < 1.29 is 9.59 Å². The number of hydrogen-bond donors (Lipinski definition) is 1. The molecule has 1 N–H and O–H groups in total. The van der Waals surface area contributed by atoms with Crippen molar-refractivity contribution in [3.63, 3.8) is 0 Å². The van der Waals surface area contributed by atoms with Crippen LogP contribution in [-0.4, -0.2) is 36.3 Å². The van der Waals surface area contributed by atoms with Gasteiger partial charge < -0.3 is 10.2 Å². The normalized spacial score (nSPS) is 17.1. The van der Waals surface area contributed by atoms with Crippen LogP contribution in [0.4, 0.5) is 0 Å². The Bertz CT molecular complexity index is 305. The molecule has 4 nitrogen and oxygen atoms in total. The number of nitrogens with one attached hydrogen (secondary N) is 1. The second kappa shape index (κ2) is 7.90. The summed E-state index contributed by atoms with van der Waals surface area (Å²) in [7, 11) is 0. The van der Waals surface area contributed by atoms with Gasteiger partial charge in [0.2, 0.25) is 11.8 Å². The van der Waals surface area contributed by atoms with E-state index in [2.05, 4.69) is 12.2 Å². The third kappa shape index (κ3) is 4.51. The largest absolute Gasteiger partial charge is 0.356 e. The van der Waals surface area contributed by atoms with E-state index in [0.29, 0.717) is 13.1 Å². The number of piperidine rings is 1. The number of unbranched alkanes of at least 4 members (excludes halogenated alkanes) is 1. The maximum Gasteiger partial charge on any atom is 0.246 e. The number of likely N-dealkylation sites (tertiary alicyclic amines) is 1. The minimum absolute atomic E-state index is 0.0577. The molecule has 102 valence electrons. The van der Waals surface area contributed by atoms with Gasteiger partial charge in [-0.15, -0.1) is 0 Å². The van der Waals surface area contributed by atoms with E-state index in [0.717, 1.165) is 32.2 Å². The summed E-state index contributed by atoms with van der Waals surface area (Å²) in [6, 6.07) is 0. The van der Waals surface area contributed by atoms with Crippen LogP contribution >= 0.6 is 0 Å². The van der Waals surface area contributed by atoms with Gasteiger partial charge in [-0.05, 0) is 32.3 Å². The Morgan fingerprint density at radius 3 is 2.56 bits per heavy atom. The maximum absolute atomic E-state index is 11.8. The molecular weight excluding hydrogens is 228 g/mol. The summed E-state index contributed by atoms with van der Waals surface area (Å²) in [5.74, 6) is 0.292. The molecule has 0 aromatic carbocycles. The molecule has 0 bridgehead atoms. The Morgan fingerprint density at radius 2 is 2.00 bits per heavy atom. The van der Waals surface area contributed by atoms with Crippen LogP contribution in [-0.2, 0) is 9.59 Å². The third-order valence-corrected chi connectivity index (χ3v) is 3.32. The molecule has 0 aromatic rings. The van der Waals surface area contributed by atoms with Crippen molar-refractivity contribution in [1.29, 1.82) is 0 Å². The molecule has 0 spiro atoms. The molecule has 0 saturated carbocycles. The smallest absolute Gasteiger partial charge is 0.246 e. The number of allylic oxidation sites excluding steroid dienone is 1. The van der Waals surface area contributed by atoms with Crippen molar-refractivity contribution in [3.05, 3.63) is 12.2 Å². The first-order valence-corrected chi connectivity index (χ1v) is 6.88. The zero-order chi connectivity index (χ0) is 13.4. The minimum Gasteiger partial charge on any atom is -0.356 e. The molecule has 0 aromatic heterocycles. The molecule has 4 heteroatoms. The molecule has 1 heterocycles. The van der Waals surface area contributed by atoms with E-state index in [1.807, 2.05) is 11.8 Å². The number of carbonyl (C=O) groups excluding carboxylic acids is 2. The SMILES string of the molecule is CC=CC(=O)N1CCC(C(=O)NCCCC)CC1. The highest BCUT2D eigenvalue weighted by Gasteiger charge is 2.25. The number of hydrogen-bond acceptors (Lipinski definition) is 2. The van der Waals surface area contributed by atoms with Crippen molar-refractivity contribution in [3.8, 4) is 0 Å². The molecule has 1 aliphatic rings. The van der Waals surface area contributed by atoms with Gasteiger partial charge in [-0.1, -0.05) is 19.4 Å². The van der Waals surface area contributed by atoms with E-state index in [4.69, 9.17) is 0 Å². The molecule has 1 aliphatic heterocycles.